The standard InChI is InChI=1S/C18H23N5O2/c1-11-12(2)21-17-16(20-11)22-18(23(17)3)19-9-8-13-6-7-14(24-4)15(10-13)25-5/h6-7,10H,8-9H2,1-5H3,(H,19,20,22). The molecule has 3 rings (SSSR count). The van der Waals surface area contributed by atoms with Gasteiger partial charge in [-0.25, -0.2) is 9.97 Å². The zero-order valence-electron chi connectivity index (χ0n) is 15.3. The van der Waals surface area contributed by atoms with Crippen molar-refractivity contribution in [2.45, 2.75) is 20.3 Å². The third-order valence-electron chi connectivity index (χ3n) is 4.26. The van der Waals surface area contributed by atoms with Gasteiger partial charge in [0.25, 0.3) is 0 Å². The normalized spacial score (nSPS) is 10.9. The molecular weight excluding hydrogens is 318 g/mol. The van der Waals surface area contributed by atoms with E-state index in [1.807, 2.05) is 43.7 Å². The molecule has 0 saturated carbocycles. The highest BCUT2D eigenvalue weighted by Crippen LogP contribution is 2.27. The lowest BCUT2D eigenvalue weighted by Crippen LogP contribution is -2.09. The van der Waals surface area contributed by atoms with E-state index in [-0.39, 0.29) is 0 Å². The van der Waals surface area contributed by atoms with Crippen molar-refractivity contribution in [2.75, 3.05) is 26.1 Å². The molecule has 0 unspecified atom stereocenters. The predicted octanol–water partition coefficient (Wildman–Crippen LogP) is 2.65. The maximum absolute atomic E-state index is 5.34. The van der Waals surface area contributed by atoms with Gasteiger partial charge in [0.2, 0.25) is 5.95 Å². The molecule has 0 saturated heterocycles. The molecule has 0 aliphatic rings. The summed E-state index contributed by atoms with van der Waals surface area (Å²) in [5.74, 6) is 2.24. The Bertz CT molecular complexity index is 904. The van der Waals surface area contributed by atoms with E-state index in [2.05, 4.69) is 20.3 Å². The van der Waals surface area contributed by atoms with Gasteiger partial charge in [-0.05, 0) is 38.0 Å². The first kappa shape index (κ1) is 17.0. The van der Waals surface area contributed by atoms with Gasteiger partial charge in [0, 0.05) is 13.6 Å². The fraction of sp³-hybridized carbons (Fsp3) is 0.389. The molecule has 0 spiro atoms. The fourth-order valence-corrected chi connectivity index (χ4v) is 2.67. The first-order valence-corrected chi connectivity index (χ1v) is 8.16. The molecule has 2 aromatic heterocycles. The number of benzene rings is 1. The molecule has 0 aliphatic carbocycles. The number of nitrogens with one attached hydrogen (secondary N) is 1. The van der Waals surface area contributed by atoms with Crippen molar-refractivity contribution in [1.29, 1.82) is 0 Å². The largest absolute Gasteiger partial charge is 0.493 e. The monoisotopic (exact) mass is 341 g/mol. The van der Waals surface area contributed by atoms with Crippen molar-refractivity contribution in [3.63, 3.8) is 0 Å². The summed E-state index contributed by atoms with van der Waals surface area (Å²) in [7, 11) is 5.22. The van der Waals surface area contributed by atoms with Crippen LogP contribution in [0, 0.1) is 13.8 Å². The van der Waals surface area contributed by atoms with E-state index < -0.39 is 0 Å². The summed E-state index contributed by atoms with van der Waals surface area (Å²) in [4.78, 5) is 13.6. The Morgan fingerprint density at radius 1 is 1.00 bits per heavy atom. The van der Waals surface area contributed by atoms with Crippen LogP contribution in [0.3, 0.4) is 0 Å². The molecule has 0 aliphatic heterocycles. The summed E-state index contributed by atoms with van der Waals surface area (Å²) >= 11 is 0. The van der Waals surface area contributed by atoms with Gasteiger partial charge in [0.1, 0.15) is 0 Å². The van der Waals surface area contributed by atoms with Crippen LogP contribution >= 0.6 is 0 Å². The van der Waals surface area contributed by atoms with Gasteiger partial charge in [-0.1, -0.05) is 6.07 Å². The van der Waals surface area contributed by atoms with Crippen LogP contribution in [-0.4, -0.2) is 40.3 Å². The fourth-order valence-electron chi connectivity index (χ4n) is 2.67. The van der Waals surface area contributed by atoms with Gasteiger partial charge in [-0.15, -0.1) is 0 Å². The number of imidazole rings is 1. The average Bonchev–Trinajstić information content (AvgIpc) is 2.90. The minimum absolute atomic E-state index is 0.666. The zero-order valence-corrected chi connectivity index (χ0v) is 15.3. The predicted molar refractivity (Wildman–Crippen MR) is 97.5 cm³/mol. The Labute approximate surface area is 147 Å². The van der Waals surface area contributed by atoms with Crippen LogP contribution in [0.15, 0.2) is 18.2 Å². The van der Waals surface area contributed by atoms with Gasteiger partial charge >= 0.3 is 0 Å². The van der Waals surface area contributed by atoms with E-state index in [4.69, 9.17) is 9.47 Å². The summed E-state index contributed by atoms with van der Waals surface area (Å²) in [6.07, 6.45) is 0.836. The molecule has 25 heavy (non-hydrogen) atoms. The number of rotatable bonds is 6. The van der Waals surface area contributed by atoms with E-state index in [1.54, 1.807) is 14.2 Å². The van der Waals surface area contributed by atoms with E-state index >= 15 is 0 Å². The number of methoxy groups -OCH3 is 2. The van der Waals surface area contributed by atoms with Crippen molar-refractivity contribution >= 4 is 17.2 Å². The number of aryl methyl sites for hydroxylation is 3. The van der Waals surface area contributed by atoms with Gasteiger partial charge < -0.3 is 14.8 Å². The van der Waals surface area contributed by atoms with Gasteiger partial charge in [-0.3, -0.25) is 4.57 Å². The molecule has 3 aromatic rings. The van der Waals surface area contributed by atoms with Crippen molar-refractivity contribution in [3.05, 3.63) is 35.2 Å². The lowest BCUT2D eigenvalue weighted by atomic mass is 10.1. The SMILES string of the molecule is COc1ccc(CCNc2nc3nc(C)c(C)nc3n2C)cc1OC. The second kappa shape index (κ2) is 6.96. The summed E-state index contributed by atoms with van der Waals surface area (Å²) in [5, 5.41) is 3.36. The molecule has 7 heteroatoms. The Morgan fingerprint density at radius 2 is 1.72 bits per heavy atom. The first-order chi connectivity index (χ1) is 12.0. The highest BCUT2D eigenvalue weighted by atomic mass is 16.5. The number of fused-ring (bicyclic) bond motifs is 1. The molecule has 1 aromatic carbocycles. The van der Waals surface area contributed by atoms with Crippen LogP contribution in [0.25, 0.3) is 11.3 Å². The van der Waals surface area contributed by atoms with E-state index in [1.165, 1.54) is 0 Å². The second-order valence-corrected chi connectivity index (χ2v) is 5.90. The van der Waals surface area contributed by atoms with E-state index in [9.17, 15) is 0 Å². The van der Waals surface area contributed by atoms with Crippen molar-refractivity contribution < 1.29 is 9.47 Å². The summed E-state index contributed by atoms with van der Waals surface area (Å²) in [6, 6.07) is 5.95. The van der Waals surface area contributed by atoms with Crippen molar-refractivity contribution in [3.8, 4) is 11.5 Å². The van der Waals surface area contributed by atoms with E-state index in [0.29, 0.717) is 5.65 Å². The molecule has 2 heterocycles. The Balaban J connectivity index is 1.72. The average molecular weight is 341 g/mol. The van der Waals surface area contributed by atoms with Crippen molar-refractivity contribution in [2.24, 2.45) is 7.05 Å². The summed E-state index contributed by atoms with van der Waals surface area (Å²) in [6.45, 7) is 4.64. The maximum atomic E-state index is 5.34. The zero-order chi connectivity index (χ0) is 18.0. The van der Waals surface area contributed by atoms with Gasteiger partial charge in [0.05, 0.1) is 25.6 Å². The molecule has 7 nitrogen and oxygen atoms in total. The number of hydrogen-bond acceptors (Lipinski definition) is 6. The lowest BCUT2D eigenvalue weighted by Gasteiger charge is -2.10. The highest BCUT2D eigenvalue weighted by Gasteiger charge is 2.12. The van der Waals surface area contributed by atoms with Crippen LogP contribution in [0.4, 0.5) is 5.95 Å². The lowest BCUT2D eigenvalue weighted by molar-refractivity contribution is 0.354. The number of hydrogen-bond donors (Lipinski definition) is 1. The molecule has 0 atom stereocenters. The van der Waals surface area contributed by atoms with E-state index in [0.717, 1.165) is 53.0 Å². The third-order valence-corrected chi connectivity index (χ3v) is 4.26. The molecule has 0 fully saturated rings. The van der Waals surface area contributed by atoms with Gasteiger partial charge in [-0.2, -0.15) is 4.98 Å². The number of aromatic nitrogens is 4. The van der Waals surface area contributed by atoms with Gasteiger partial charge in [0.15, 0.2) is 22.8 Å². The first-order valence-electron chi connectivity index (χ1n) is 8.16. The Morgan fingerprint density at radius 3 is 2.44 bits per heavy atom. The topological polar surface area (TPSA) is 74.1 Å². The third kappa shape index (κ3) is 3.35. The van der Waals surface area contributed by atoms with Crippen LogP contribution in [0.1, 0.15) is 17.0 Å². The summed E-state index contributed by atoms with van der Waals surface area (Å²) < 4.78 is 12.5. The van der Waals surface area contributed by atoms with Crippen LogP contribution < -0.4 is 14.8 Å². The second-order valence-electron chi connectivity index (χ2n) is 5.90. The smallest absolute Gasteiger partial charge is 0.206 e. The number of nitrogens with zero attached hydrogens (tertiary/aromatic N) is 4. The molecule has 0 bridgehead atoms. The quantitative estimate of drug-likeness (QED) is 0.743. The number of ether oxygens (including phenoxy) is 2. The minimum atomic E-state index is 0.666. The number of anilines is 1. The molecule has 0 amide bonds. The Kier molecular flexibility index (Phi) is 4.74. The highest BCUT2D eigenvalue weighted by molar-refractivity contribution is 5.70. The minimum Gasteiger partial charge on any atom is -0.493 e. The summed E-state index contributed by atoms with van der Waals surface area (Å²) in [5.41, 5.74) is 4.44. The van der Waals surface area contributed by atoms with Crippen molar-refractivity contribution in [1.82, 2.24) is 19.5 Å². The van der Waals surface area contributed by atoms with Crippen LogP contribution in [-0.2, 0) is 13.5 Å². The Hall–Kier alpha value is -2.83. The maximum Gasteiger partial charge on any atom is 0.206 e. The molecule has 0 radical (unpaired) electrons. The molecule has 132 valence electrons. The molecular formula is C18H23N5O2. The van der Waals surface area contributed by atoms with Crippen LogP contribution in [0.2, 0.25) is 0 Å². The molecule has 1 N–H and O–H groups in total. The van der Waals surface area contributed by atoms with Crippen LogP contribution in [0.5, 0.6) is 11.5 Å².